The predicted molar refractivity (Wildman–Crippen MR) is 121 cm³/mol. The fourth-order valence-electron chi connectivity index (χ4n) is 2.75. The first-order valence-corrected chi connectivity index (χ1v) is 10.4. The van der Waals surface area contributed by atoms with E-state index in [1.54, 1.807) is 44.6 Å². The lowest BCUT2D eigenvalue weighted by Crippen LogP contribution is -2.14. The van der Waals surface area contributed by atoms with Crippen LogP contribution in [0.5, 0.6) is 0 Å². The first kappa shape index (κ1) is 22.7. The van der Waals surface area contributed by atoms with E-state index >= 15 is 0 Å². The number of hydrogen-bond acceptors (Lipinski definition) is 3. The Bertz CT molecular complexity index is 1060. The largest absolute Gasteiger partial charge is 0.378 e. The van der Waals surface area contributed by atoms with Gasteiger partial charge < -0.3 is 14.4 Å². The standard InChI is InChI=1S/C23H21Cl3N2O2/c1-23(2,29)8-7-16-3-4-17(20(25)11-16)14-30-22(13-28-10-9-27-15-28)19-6-5-18(24)12-21(19)26/h3-6,9-12,15,22,29H,13-14H2,1-2H3. The van der Waals surface area contributed by atoms with Crippen LogP contribution in [0.3, 0.4) is 0 Å². The average Bonchev–Trinajstić information content (AvgIpc) is 3.17. The van der Waals surface area contributed by atoms with Crippen LogP contribution in [-0.2, 0) is 17.9 Å². The third kappa shape index (κ3) is 6.50. The molecule has 1 heterocycles. The number of ether oxygens (including phenoxy) is 1. The molecule has 0 aliphatic heterocycles. The maximum Gasteiger partial charge on any atom is 0.120 e. The van der Waals surface area contributed by atoms with Crippen LogP contribution in [0.4, 0.5) is 0 Å². The van der Waals surface area contributed by atoms with Gasteiger partial charge in [0.2, 0.25) is 0 Å². The zero-order chi connectivity index (χ0) is 21.7. The second-order valence-electron chi connectivity index (χ2n) is 7.34. The highest BCUT2D eigenvalue weighted by atomic mass is 35.5. The Labute approximate surface area is 191 Å². The zero-order valence-electron chi connectivity index (χ0n) is 16.6. The molecule has 156 valence electrons. The number of halogens is 3. The maximum atomic E-state index is 9.75. The van der Waals surface area contributed by atoms with E-state index < -0.39 is 5.60 Å². The summed E-state index contributed by atoms with van der Waals surface area (Å²) in [6.07, 6.45) is 4.98. The van der Waals surface area contributed by atoms with Crippen molar-refractivity contribution in [2.24, 2.45) is 0 Å². The number of hydrogen-bond donors (Lipinski definition) is 1. The molecular weight excluding hydrogens is 443 g/mol. The molecule has 30 heavy (non-hydrogen) atoms. The minimum atomic E-state index is -1.06. The summed E-state index contributed by atoms with van der Waals surface area (Å²) in [4.78, 5) is 4.08. The van der Waals surface area contributed by atoms with Gasteiger partial charge in [-0.05, 0) is 43.7 Å². The Balaban J connectivity index is 1.79. The van der Waals surface area contributed by atoms with Crippen LogP contribution in [0.25, 0.3) is 0 Å². The number of rotatable bonds is 6. The van der Waals surface area contributed by atoms with Crippen molar-refractivity contribution in [3.63, 3.8) is 0 Å². The molecule has 0 amide bonds. The van der Waals surface area contributed by atoms with Crippen molar-refractivity contribution in [3.8, 4) is 11.8 Å². The average molecular weight is 464 g/mol. The van der Waals surface area contributed by atoms with Crippen LogP contribution in [-0.4, -0.2) is 20.3 Å². The van der Waals surface area contributed by atoms with Gasteiger partial charge in [-0.1, -0.05) is 58.8 Å². The first-order valence-electron chi connectivity index (χ1n) is 9.27. The Morgan fingerprint density at radius 3 is 2.57 bits per heavy atom. The predicted octanol–water partition coefficient (Wildman–Crippen LogP) is 5.92. The van der Waals surface area contributed by atoms with Gasteiger partial charge in [-0.3, -0.25) is 0 Å². The number of nitrogens with zero attached hydrogens (tertiary/aromatic N) is 2. The van der Waals surface area contributed by atoms with Gasteiger partial charge in [0.25, 0.3) is 0 Å². The van der Waals surface area contributed by atoms with Gasteiger partial charge in [0, 0.05) is 38.6 Å². The summed E-state index contributed by atoms with van der Waals surface area (Å²) in [6.45, 7) is 4.09. The Morgan fingerprint density at radius 1 is 1.13 bits per heavy atom. The minimum absolute atomic E-state index is 0.288. The van der Waals surface area contributed by atoms with Gasteiger partial charge in [-0.15, -0.1) is 0 Å². The summed E-state index contributed by atoms with van der Waals surface area (Å²) in [5, 5.41) is 11.4. The molecule has 1 N–H and O–H groups in total. The molecule has 0 fully saturated rings. The SMILES string of the molecule is CC(C)(O)C#Cc1ccc(COC(Cn2ccnc2)c2ccc(Cl)cc2Cl)c(Cl)c1. The van der Waals surface area contributed by atoms with Crippen molar-refractivity contribution < 1.29 is 9.84 Å². The Hall–Kier alpha value is -2.00. The smallest absolute Gasteiger partial charge is 0.120 e. The zero-order valence-corrected chi connectivity index (χ0v) is 18.8. The van der Waals surface area contributed by atoms with E-state index in [9.17, 15) is 5.11 Å². The molecule has 7 heteroatoms. The lowest BCUT2D eigenvalue weighted by Gasteiger charge is -2.21. The van der Waals surface area contributed by atoms with Gasteiger partial charge in [0.05, 0.1) is 19.5 Å². The second kappa shape index (κ2) is 9.87. The molecular formula is C23H21Cl3N2O2. The molecule has 1 unspecified atom stereocenters. The highest BCUT2D eigenvalue weighted by molar-refractivity contribution is 6.35. The molecule has 0 bridgehead atoms. The lowest BCUT2D eigenvalue weighted by molar-refractivity contribution is 0.0281. The third-order valence-electron chi connectivity index (χ3n) is 4.25. The van der Waals surface area contributed by atoms with Crippen molar-refractivity contribution in [2.45, 2.75) is 38.7 Å². The van der Waals surface area contributed by atoms with E-state index in [2.05, 4.69) is 16.8 Å². The van der Waals surface area contributed by atoms with Crippen molar-refractivity contribution in [1.29, 1.82) is 0 Å². The Kier molecular flexibility index (Phi) is 7.46. The van der Waals surface area contributed by atoms with Gasteiger partial charge >= 0.3 is 0 Å². The monoisotopic (exact) mass is 462 g/mol. The highest BCUT2D eigenvalue weighted by Crippen LogP contribution is 2.31. The van der Waals surface area contributed by atoms with Gasteiger partial charge in [0.15, 0.2) is 0 Å². The van der Waals surface area contributed by atoms with Crippen LogP contribution in [0, 0.1) is 11.8 Å². The topological polar surface area (TPSA) is 47.3 Å². The summed E-state index contributed by atoms with van der Waals surface area (Å²) in [5.74, 6) is 5.69. The molecule has 3 rings (SSSR count). The van der Waals surface area contributed by atoms with Crippen LogP contribution in [0.1, 0.15) is 36.6 Å². The number of imidazole rings is 1. The maximum absolute atomic E-state index is 9.75. The van der Waals surface area contributed by atoms with Gasteiger partial charge in [-0.25, -0.2) is 4.98 Å². The first-order chi connectivity index (χ1) is 14.2. The molecule has 0 saturated heterocycles. The lowest BCUT2D eigenvalue weighted by atomic mass is 10.1. The molecule has 0 aliphatic rings. The molecule has 3 aromatic rings. The molecule has 2 aromatic carbocycles. The van der Waals surface area contributed by atoms with Crippen LogP contribution in [0.15, 0.2) is 55.1 Å². The van der Waals surface area contributed by atoms with E-state index in [-0.39, 0.29) is 12.7 Å². The molecule has 0 aliphatic carbocycles. The normalized spacial score (nSPS) is 12.3. The minimum Gasteiger partial charge on any atom is -0.378 e. The molecule has 4 nitrogen and oxygen atoms in total. The summed E-state index contributed by atoms with van der Waals surface area (Å²) in [6, 6.07) is 10.8. The van der Waals surface area contributed by atoms with Crippen molar-refractivity contribution in [1.82, 2.24) is 9.55 Å². The molecule has 0 saturated carbocycles. The van der Waals surface area contributed by atoms with Crippen LogP contribution in [0.2, 0.25) is 15.1 Å². The second-order valence-corrected chi connectivity index (χ2v) is 8.59. The number of aromatic nitrogens is 2. The molecule has 0 radical (unpaired) electrons. The summed E-state index contributed by atoms with van der Waals surface area (Å²) in [7, 11) is 0. The highest BCUT2D eigenvalue weighted by Gasteiger charge is 2.18. The van der Waals surface area contributed by atoms with Crippen LogP contribution >= 0.6 is 34.8 Å². The number of aliphatic hydroxyl groups is 1. The molecule has 0 spiro atoms. The van der Waals surface area contributed by atoms with E-state index in [4.69, 9.17) is 39.5 Å². The molecule has 1 aromatic heterocycles. The third-order valence-corrected chi connectivity index (χ3v) is 5.17. The summed E-state index contributed by atoms with van der Waals surface area (Å²) < 4.78 is 8.13. The number of benzene rings is 2. The van der Waals surface area contributed by atoms with Crippen molar-refractivity contribution in [2.75, 3.05) is 0 Å². The Morgan fingerprint density at radius 2 is 1.93 bits per heavy atom. The fourth-order valence-corrected chi connectivity index (χ4v) is 3.51. The van der Waals surface area contributed by atoms with E-state index in [0.717, 1.165) is 16.7 Å². The quantitative estimate of drug-likeness (QED) is 0.461. The van der Waals surface area contributed by atoms with E-state index in [1.165, 1.54) is 0 Å². The summed E-state index contributed by atoms with van der Waals surface area (Å²) in [5.41, 5.74) is 1.32. The summed E-state index contributed by atoms with van der Waals surface area (Å²) >= 11 is 18.9. The molecule has 1 atom stereocenters. The van der Waals surface area contributed by atoms with Crippen molar-refractivity contribution in [3.05, 3.63) is 86.9 Å². The van der Waals surface area contributed by atoms with Crippen LogP contribution < -0.4 is 0 Å². The fraction of sp³-hybridized carbons (Fsp3) is 0.261. The van der Waals surface area contributed by atoms with Crippen molar-refractivity contribution >= 4 is 34.8 Å². The van der Waals surface area contributed by atoms with E-state index in [0.29, 0.717) is 21.6 Å². The van der Waals surface area contributed by atoms with Gasteiger partial charge in [0.1, 0.15) is 11.7 Å². The van der Waals surface area contributed by atoms with Gasteiger partial charge in [-0.2, -0.15) is 0 Å². The van der Waals surface area contributed by atoms with E-state index in [1.807, 2.05) is 29.0 Å².